The molecule has 7 nitrogen and oxygen atoms in total. The number of benzene rings is 2. The van der Waals surface area contributed by atoms with Crippen LogP contribution in [0.4, 0.5) is 21.6 Å². The molecule has 0 atom stereocenters. The molecular weight excluding hydrogens is 361 g/mol. The highest BCUT2D eigenvalue weighted by Crippen LogP contribution is 2.32. The zero-order valence-corrected chi connectivity index (χ0v) is 15.8. The van der Waals surface area contributed by atoms with Gasteiger partial charge in [-0.15, -0.1) is 0 Å². The maximum absolute atomic E-state index is 13.7. The van der Waals surface area contributed by atoms with Crippen LogP contribution in [0, 0.1) is 12.7 Å². The smallest absolute Gasteiger partial charge is 0.219 e. The quantitative estimate of drug-likeness (QED) is 0.427. The number of amides is 1. The van der Waals surface area contributed by atoms with Gasteiger partial charge < -0.3 is 21.1 Å². The number of carbonyl (C=O) groups excluding carboxylic acids is 1. The average molecular weight is 383 g/mol. The number of nitrogens with two attached hydrogens (primary N) is 1. The van der Waals surface area contributed by atoms with Crippen molar-refractivity contribution in [3.05, 3.63) is 48.0 Å². The number of carbonyl (C=O) groups is 1. The van der Waals surface area contributed by atoms with Crippen LogP contribution in [-0.2, 0) is 4.79 Å². The van der Waals surface area contributed by atoms with Gasteiger partial charge in [0, 0.05) is 23.6 Å². The lowest BCUT2D eigenvalue weighted by atomic mass is 10.1. The van der Waals surface area contributed by atoms with Gasteiger partial charge in [0.1, 0.15) is 30.3 Å². The SMILES string of the molecule is CCC(=O)NCCOc1cc(F)ccc1Nc1ncnc2cc(N)cc(C)c12. The van der Waals surface area contributed by atoms with Gasteiger partial charge in [0.25, 0.3) is 0 Å². The molecule has 1 amide bonds. The molecule has 3 rings (SSSR count). The van der Waals surface area contributed by atoms with Crippen LogP contribution in [0.15, 0.2) is 36.7 Å². The summed E-state index contributed by atoms with van der Waals surface area (Å²) >= 11 is 0. The van der Waals surface area contributed by atoms with Crippen molar-refractivity contribution in [3.8, 4) is 5.75 Å². The number of halogens is 1. The molecule has 0 saturated heterocycles. The first kappa shape index (κ1) is 19.3. The predicted molar refractivity (Wildman–Crippen MR) is 107 cm³/mol. The number of nitrogens with zero attached hydrogens (tertiary/aromatic N) is 2. The van der Waals surface area contributed by atoms with E-state index in [0.29, 0.717) is 41.4 Å². The Hall–Kier alpha value is -3.42. The van der Waals surface area contributed by atoms with Gasteiger partial charge in [-0.05, 0) is 36.8 Å². The van der Waals surface area contributed by atoms with Crippen LogP contribution in [0.2, 0.25) is 0 Å². The Balaban J connectivity index is 1.85. The normalized spacial score (nSPS) is 10.7. The molecule has 0 aliphatic carbocycles. The number of aryl methyl sites for hydroxylation is 1. The number of aromatic nitrogens is 2. The Kier molecular flexibility index (Phi) is 5.88. The Labute approximate surface area is 162 Å². The van der Waals surface area contributed by atoms with Crippen LogP contribution in [0.3, 0.4) is 0 Å². The molecule has 0 aliphatic heterocycles. The molecule has 146 valence electrons. The fourth-order valence-corrected chi connectivity index (χ4v) is 2.84. The van der Waals surface area contributed by atoms with Gasteiger partial charge in [-0.3, -0.25) is 4.79 Å². The van der Waals surface area contributed by atoms with E-state index in [9.17, 15) is 9.18 Å². The molecule has 0 saturated carbocycles. The molecule has 8 heteroatoms. The van der Waals surface area contributed by atoms with Crippen molar-refractivity contribution >= 4 is 34.0 Å². The number of hydrogen-bond acceptors (Lipinski definition) is 6. The first-order chi connectivity index (χ1) is 13.5. The third kappa shape index (κ3) is 4.46. The van der Waals surface area contributed by atoms with Gasteiger partial charge in [0.15, 0.2) is 0 Å². The largest absolute Gasteiger partial charge is 0.489 e. The number of rotatable bonds is 7. The highest BCUT2D eigenvalue weighted by atomic mass is 19.1. The second kappa shape index (κ2) is 8.51. The summed E-state index contributed by atoms with van der Waals surface area (Å²) in [6.07, 6.45) is 1.84. The van der Waals surface area contributed by atoms with Crippen LogP contribution < -0.4 is 21.1 Å². The maximum atomic E-state index is 13.7. The number of hydrogen-bond donors (Lipinski definition) is 3. The Morgan fingerprint density at radius 2 is 2.07 bits per heavy atom. The van der Waals surface area contributed by atoms with E-state index in [0.717, 1.165) is 10.9 Å². The van der Waals surface area contributed by atoms with Gasteiger partial charge in [0.2, 0.25) is 5.91 Å². The summed E-state index contributed by atoms with van der Waals surface area (Å²) in [5, 5.41) is 6.73. The number of anilines is 3. The van der Waals surface area contributed by atoms with Gasteiger partial charge in [0.05, 0.1) is 17.7 Å². The second-order valence-electron chi connectivity index (χ2n) is 6.27. The third-order valence-corrected chi connectivity index (χ3v) is 4.16. The lowest BCUT2D eigenvalue weighted by Gasteiger charge is -2.15. The summed E-state index contributed by atoms with van der Waals surface area (Å²) in [7, 11) is 0. The summed E-state index contributed by atoms with van der Waals surface area (Å²) in [5.74, 6) is 0.405. The van der Waals surface area contributed by atoms with Crippen LogP contribution in [0.5, 0.6) is 5.75 Å². The van der Waals surface area contributed by atoms with E-state index in [1.165, 1.54) is 18.5 Å². The standard InChI is InChI=1S/C20H22FN5O2/c1-3-18(27)23-6-7-28-17-9-13(21)4-5-15(17)26-20-19-12(2)8-14(22)10-16(19)24-11-25-20/h4-5,8-11H,3,6-7,22H2,1-2H3,(H,23,27)(H,24,25,26). The molecule has 1 heterocycles. The monoisotopic (exact) mass is 383 g/mol. The molecule has 0 fully saturated rings. The number of ether oxygens (including phenoxy) is 1. The summed E-state index contributed by atoms with van der Waals surface area (Å²) in [6.45, 7) is 4.24. The van der Waals surface area contributed by atoms with E-state index in [1.54, 1.807) is 19.1 Å². The Morgan fingerprint density at radius 1 is 1.25 bits per heavy atom. The number of nitrogens with one attached hydrogen (secondary N) is 2. The van der Waals surface area contributed by atoms with Crippen molar-refractivity contribution in [3.63, 3.8) is 0 Å². The van der Waals surface area contributed by atoms with Crippen LogP contribution in [0.1, 0.15) is 18.9 Å². The van der Waals surface area contributed by atoms with Crippen LogP contribution in [0.25, 0.3) is 10.9 Å². The van der Waals surface area contributed by atoms with Gasteiger partial charge in [-0.1, -0.05) is 6.92 Å². The second-order valence-corrected chi connectivity index (χ2v) is 6.27. The van der Waals surface area contributed by atoms with E-state index >= 15 is 0 Å². The fraction of sp³-hybridized carbons (Fsp3) is 0.250. The maximum Gasteiger partial charge on any atom is 0.219 e. The lowest BCUT2D eigenvalue weighted by molar-refractivity contribution is -0.120. The zero-order valence-electron chi connectivity index (χ0n) is 15.8. The molecule has 0 unspecified atom stereocenters. The minimum absolute atomic E-state index is 0.0663. The molecule has 3 aromatic rings. The molecule has 0 aliphatic rings. The van der Waals surface area contributed by atoms with E-state index in [-0.39, 0.29) is 12.5 Å². The fourth-order valence-electron chi connectivity index (χ4n) is 2.84. The topological polar surface area (TPSA) is 102 Å². The summed E-state index contributed by atoms with van der Waals surface area (Å²) in [6, 6.07) is 7.82. The average Bonchev–Trinajstić information content (AvgIpc) is 2.66. The third-order valence-electron chi connectivity index (χ3n) is 4.16. The molecule has 0 bridgehead atoms. The van der Waals surface area contributed by atoms with Crippen molar-refractivity contribution in [1.82, 2.24) is 15.3 Å². The van der Waals surface area contributed by atoms with E-state index < -0.39 is 5.82 Å². The minimum Gasteiger partial charge on any atom is -0.489 e. The molecule has 0 spiro atoms. The van der Waals surface area contributed by atoms with E-state index in [1.807, 2.05) is 13.0 Å². The molecule has 1 aromatic heterocycles. The Morgan fingerprint density at radius 3 is 2.86 bits per heavy atom. The Bertz CT molecular complexity index is 1010. The van der Waals surface area contributed by atoms with E-state index in [4.69, 9.17) is 10.5 Å². The predicted octanol–water partition coefficient (Wildman–Crippen LogP) is 3.31. The van der Waals surface area contributed by atoms with Crippen LogP contribution >= 0.6 is 0 Å². The highest BCUT2D eigenvalue weighted by molar-refractivity contribution is 5.95. The molecule has 28 heavy (non-hydrogen) atoms. The van der Waals surface area contributed by atoms with Crippen molar-refractivity contribution < 1.29 is 13.9 Å². The molecule has 2 aromatic carbocycles. The van der Waals surface area contributed by atoms with Crippen molar-refractivity contribution in [2.45, 2.75) is 20.3 Å². The number of nitrogen functional groups attached to an aromatic ring is 1. The molecular formula is C20H22FN5O2. The summed E-state index contributed by atoms with van der Waals surface area (Å²) in [5.41, 5.74) is 8.70. The van der Waals surface area contributed by atoms with Gasteiger partial charge in [-0.2, -0.15) is 0 Å². The van der Waals surface area contributed by atoms with Crippen molar-refractivity contribution in [2.75, 3.05) is 24.2 Å². The van der Waals surface area contributed by atoms with Gasteiger partial charge >= 0.3 is 0 Å². The van der Waals surface area contributed by atoms with Crippen molar-refractivity contribution in [2.24, 2.45) is 0 Å². The molecule has 4 N–H and O–H groups in total. The van der Waals surface area contributed by atoms with E-state index in [2.05, 4.69) is 20.6 Å². The lowest BCUT2D eigenvalue weighted by Crippen LogP contribution is -2.27. The minimum atomic E-state index is -0.422. The zero-order chi connectivity index (χ0) is 20.1. The first-order valence-corrected chi connectivity index (χ1v) is 8.95. The summed E-state index contributed by atoms with van der Waals surface area (Å²) in [4.78, 5) is 19.9. The highest BCUT2D eigenvalue weighted by Gasteiger charge is 2.12. The van der Waals surface area contributed by atoms with Crippen molar-refractivity contribution in [1.29, 1.82) is 0 Å². The molecule has 0 radical (unpaired) electrons. The van der Waals surface area contributed by atoms with Gasteiger partial charge in [-0.25, -0.2) is 14.4 Å². The number of fused-ring (bicyclic) bond motifs is 1. The summed E-state index contributed by atoms with van der Waals surface area (Å²) < 4.78 is 19.4. The first-order valence-electron chi connectivity index (χ1n) is 8.95. The van der Waals surface area contributed by atoms with Crippen LogP contribution in [-0.4, -0.2) is 29.0 Å².